The SMILES string of the molecule is CN1CC(C(=O)O)(C(=O)O)Cc2cc([N+](=O)[O-])ccc21. The van der Waals surface area contributed by atoms with Crippen LogP contribution in [-0.2, 0) is 16.0 Å². The van der Waals surface area contributed by atoms with E-state index in [9.17, 15) is 29.9 Å². The van der Waals surface area contributed by atoms with Crippen molar-refractivity contribution in [1.82, 2.24) is 0 Å². The molecule has 20 heavy (non-hydrogen) atoms. The van der Waals surface area contributed by atoms with E-state index in [1.165, 1.54) is 23.1 Å². The molecule has 0 aromatic heterocycles. The quantitative estimate of drug-likeness (QED) is 0.475. The van der Waals surface area contributed by atoms with Gasteiger partial charge >= 0.3 is 11.9 Å². The largest absolute Gasteiger partial charge is 0.480 e. The number of carboxylic acids is 2. The maximum absolute atomic E-state index is 11.4. The lowest BCUT2D eigenvalue weighted by atomic mass is 9.77. The van der Waals surface area contributed by atoms with Crippen molar-refractivity contribution in [2.24, 2.45) is 5.41 Å². The lowest BCUT2D eigenvalue weighted by Gasteiger charge is -2.37. The highest BCUT2D eigenvalue weighted by atomic mass is 16.6. The molecule has 0 atom stereocenters. The molecule has 1 aromatic carbocycles. The maximum Gasteiger partial charge on any atom is 0.323 e. The first-order valence-electron chi connectivity index (χ1n) is 5.73. The molecule has 8 heteroatoms. The topological polar surface area (TPSA) is 121 Å². The highest BCUT2D eigenvalue weighted by Gasteiger charge is 2.50. The fourth-order valence-electron chi connectivity index (χ4n) is 2.45. The number of rotatable bonds is 3. The second-order valence-electron chi connectivity index (χ2n) is 4.80. The minimum Gasteiger partial charge on any atom is -0.480 e. The zero-order chi connectivity index (χ0) is 15.1. The van der Waals surface area contributed by atoms with Crippen LogP contribution in [0.15, 0.2) is 18.2 Å². The van der Waals surface area contributed by atoms with E-state index in [4.69, 9.17) is 0 Å². The number of nitro benzene ring substituents is 1. The van der Waals surface area contributed by atoms with Gasteiger partial charge in [-0.3, -0.25) is 19.7 Å². The Hall–Kier alpha value is -2.64. The number of non-ortho nitro benzene ring substituents is 1. The molecule has 1 aromatic rings. The minimum atomic E-state index is -1.99. The van der Waals surface area contributed by atoms with Gasteiger partial charge < -0.3 is 15.1 Å². The van der Waals surface area contributed by atoms with Crippen LogP contribution >= 0.6 is 0 Å². The first kappa shape index (κ1) is 13.8. The normalized spacial score (nSPS) is 16.4. The van der Waals surface area contributed by atoms with Crippen LogP contribution in [0.4, 0.5) is 11.4 Å². The fraction of sp³-hybridized carbons (Fsp3) is 0.333. The van der Waals surface area contributed by atoms with Crippen molar-refractivity contribution in [3.63, 3.8) is 0 Å². The van der Waals surface area contributed by atoms with Gasteiger partial charge in [0.05, 0.1) is 4.92 Å². The van der Waals surface area contributed by atoms with E-state index in [0.29, 0.717) is 11.3 Å². The van der Waals surface area contributed by atoms with Gasteiger partial charge in [-0.1, -0.05) is 0 Å². The third kappa shape index (κ3) is 1.94. The molecule has 0 aliphatic carbocycles. The van der Waals surface area contributed by atoms with Crippen molar-refractivity contribution in [1.29, 1.82) is 0 Å². The lowest BCUT2D eigenvalue weighted by Crippen LogP contribution is -2.52. The molecule has 0 unspecified atom stereocenters. The van der Waals surface area contributed by atoms with Crippen LogP contribution in [0, 0.1) is 15.5 Å². The Morgan fingerprint density at radius 2 is 1.95 bits per heavy atom. The Labute approximate surface area is 113 Å². The van der Waals surface area contributed by atoms with E-state index in [0.717, 1.165) is 0 Å². The third-order valence-corrected chi connectivity index (χ3v) is 3.50. The Morgan fingerprint density at radius 3 is 2.45 bits per heavy atom. The second-order valence-corrected chi connectivity index (χ2v) is 4.80. The molecule has 1 aliphatic heterocycles. The molecule has 2 N–H and O–H groups in total. The molecule has 2 rings (SSSR count). The molecular weight excluding hydrogens is 268 g/mol. The van der Waals surface area contributed by atoms with Crippen LogP contribution in [0.2, 0.25) is 0 Å². The predicted molar refractivity (Wildman–Crippen MR) is 67.8 cm³/mol. The number of carbonyl (C=O) groups is 2. The van der Waals surface area contributed by atoms with Crippen LogP contribution in [0.25, 0.3) is 0 Å². The zero-order valence-corrected chi connectivity index (χ0v) is 10.6. The summed E-state index contributed by atoms with van der Waals surface area (Å²) in [7, 11) is 1.56. The summed E-state index contributed by atoms with van der Waals surface area (Å²) in [6, 6.07) is 4.04. The predicted octanol–water partition coefficient (Wildman–Crippen LogP) is 0.743. The van der Waals surface area contributed by atoms with Gasteiger partial charge in [-0.05, 0) is 11.6 Å². The van der Waals surface area contributed by atoms with Gasteiger partial charge in [0.15, 0.2) is 5.41 Å². The van der Waals surface area contributed by atoms with Crippen molar-refractivity contribution in [2.45, 2.75) is 6.42 Å². The van der Waals surface area contributed by atoms with Crippen molar-refractivity contribution >= 4 is 23.3 Å². The summed E-state index contributed by atoms with van der Waals surface area (Å²) >= 11 is 0. The highest BCUT2D eigenvalue weighted by Crippen LogP contribution is 2.38. The molecular formula is C12H12N2O6. The van der Waals surface area contributed by atoms with E-state index in [1.54, 1.807) is 7.05 Å². The molecule has 0 radical (unpaired) electrons. The Morgan fingerprint density at radius 1 is 1.35 bits per heavy atom. The molecule has 0 fully saturated rings. The monoisotopic (exact) mass is 280 g/mol. The number of fused-ring (bicyclic) bond motifs is 1. The number of aliphatic carboxylic acids is 2. The Bertz CT molecular complexity index is 598. The molecule has 0 saturated carbocycles. The van der Waals surface area contributed by atoms with Crippen LogP contribution in [0.3, 0.4) is 0 Å². The van der Waals surface area contributed by atoms with E-state index in [2.05, 4.69) is 0 Å². The number of anilines is 1. The van der Waals surface area contributed by atoms with Crippen LogP contribution in [-0.4, -0.2) is 40.7 Å². The van der Waals surface area contributed by atoms with E-state index in [1.807, 2.05) is 0 Å². The highest BCUT2D eigenvalue weighted by molar-refractivity contribution is 6.00. The summed E-state index contributed by atoms with van der Waals surface area (Å²) in [6.45, 7) is -0.192. The number of nitrogens with zero attached hydrogens (tertiary/aromatic N) is 2. The number of benzene rings is 1. The molecule has 1 heterocycles. The van der Waals surface area contributed by atoms with Gasteiger partial charge in [-0.25, -0.2) is 0 Å². The lowest BCUT2D eigenvalue weighted by molar-refractivity contribution is -0.384. The second kappa shape index (κ2) is 4.48. The fourth-order valence-corrected chi connectivity index (χ4v) is 2.45. The standard InChI is InChI=1S/C12H12N2O6/c1-13-6-12(10(15)16,11(17)18)5-7-4-8(14(19)20)2-3-9(7)13/h2-4H,5-6H2,1H3,(H,15,16)(H,17,18). The van der Waals surface area contributed by atoms with Crippen molar-refractivity contribution < 1.29 is 24.7 Å². The van der Waals surface area contributed by atoms with Gasteiger partial charge in [0.2, 0.25) is 0 Å². The average Bonchev–Trinajstić information content (AvgIpc) is 2.37. The third-order valence-electron chi connectivity index (χ3n) is 3.50. The van der Waals surface area contributed by atoms with E-state index >= 15 is 0 Å². The van der Waals surface area contributed by atoms with Crippen LogP contribution in [0.5, 0.6) is 0 Å². The molecule has 0 saturated heterocycles. The van der Waals surface area contributed by atoms with Crippen molar-refractivity contribution in [3.8, 4) is 0 Å². The molecule has 8 nitrogen and oxygen atoms in total. The molecule has 1 aliphatic rings. The average molecular weight is 280 g/mol. The summed E-state index contributed by atoms with van der Waals surface area (Å²) in [6.07, 6.45) is -0.279. The minimum absolute atomic E-state index is 0.191. The maximum atomic E-state index is 11.4. The van der Waals surface area contributed by atoms with Crippen molar-refractivity contribution in [2.75, 3.05) is 18.5 Å². The summed E-state index contributed by atoms with van der Waals surface area (Å²) in [5.74, 6) is -2.90. The Balaban J connectivity index is 2.55. The summed E-state index contributed by atoms with van der Waals surface area (Å²) in [5.41, 5.74) is -1.23. The number of nitro groups is 1. The molecule has 0 bridgehead atoms. The molecule has 0 amide bonds. The summed E-state index contributed by atoms with van der Waals surface area (Å²) in [5, 5.41) is 29.2. The van der Waals surface area contributed by atoms with E-state index < -0.39 is 22.3 Å². The van der Waals surface area contributed by atoms with E-state index in [-0.39, 0.29) is 18.7 Å². The van der Waals surface area contributed by atoms with Gasteiger partial charge in [-0.15, -0.1) is 0 Å². The first-order chi connectivity index (χ1) is 9.28. The van der Waals surface area contributed by atoms with Gasteiger partial charge in [0.25, 0.3) is 5.69 Å². The molecule has 0 spiro atoms. The Kier molecular flexibility index (Phi) is 3.09. The molecule has 106 valence electrons. The smallest absolute Gasteiger partial charge is 0.323 e. The number of hydrogen-bond acceptors (Lipinski definition) is 5. The first-order valence-corrected chi connectivity index (χ1v) is 5.73. The summed E-state index contributed by atoms with van der Waals surface area (Å²) < 4.78 is 0. The van der Waals surface area contributed by atoms with Gasteiger partial charge in [0, 0.05) is 37.8 Å². The zero-order valence-electron chi connectivity index (χ0n) is 10.6. The van der Waals surface area contributed by atoms with Gasteiger partial charge in [0.1, 0.15) is 0 Å². The number of carboxylic acid groups (broad SMARTS) is 2. The van der Waals surface area contributed by atoms with Crippen LogP contribution in [0.1, 0.15) is 5.56 Å². The summed E-state index contributed by atoms with van der Waals surface area (Å²) in [4.78, 5) is 34.3. The van der Waals surface area contributed by atoms with Crippen molar-refractivity contribution in [3.05, 3.63) is 33.9 Å². The van der Waals surface area contributed by atoms with Gasteiger partial charge in [-0.2, -0.15) is 0 Å². The number of hydrogen-bond donors (Lipinski definition) is 2. The van der Waals surface area contributed by atoms with Crippen LogP contribution < -0.4 is 4.90 Å².